The monoisotopic (exact) mass is 241 g/mol. The van der Waals surface area contributed by atoms with Gasteiger partial charge < -0.3 is 10.5 Å². The van der Waals surface area contributed by atoms with E-state index in [1.54, 1.807) is 0 Å². The molecule has 0 aromatic heterocycles. The molecule has 1 fully saturated rings. The minimum absolute atomic E-state index is 0.177. The molecule has 0 aromatic rings. The Morgan fingerprint density at radius 2 is 1.71 bits per heavy atom. The van der Waals surface area contributed by atoms with Gasteiger partial charge in [0.15, 0.2) is 0 Å². The fourth-order valence-electron chi connectivity index (χ4n) is 2.40. The van der Waals surface area contributed by atoms with E-state index in [0.29, 0.717) is 6.61 Å². The van der Waals surface area contributed by atoms with Gasteiger partial charge in [0.1, 0.15) is 5.54 Å². The first-order valence-electron chi connectivity index (χ1n) is 7.15. The molecule has 3 heteroatoms. The van der Waals surface area contributed by atoms with Crippen LogP contribution in [0.3, 0.4) is 0 Å². The summed E-state index contributed by atoms with van der Waals surface area (Å²) in [5, 5.41) is 0. The van der Waals surface area contributed by atoms with Crippen molar-refractivity contribution < 1.29 is 9.53 Å². The number of carbonyl (C=O) groups is 1. The largest absolute Gasteiger partial charge is 0.464 e. The van der Waals surface area contributed by atoms with E-state index < -0.39 is 5.54 Å². The van der Waals surface area contributed by atoms with Crippen molar-refractivity contribution in [1.29, 1.82) is 0 Å². The lowest BCUT2D eigenvalue weighted by molar-refractivity contribution is -0.150. The first kappa shape index (κ1) is 14.5. The molecule has 100 valence electrons. The van der Waals surface area contributed by atoms with Crippen molar-refractivity contribution in [2.24, 2.45) is 5.73 Å². The van der Waals surface area contributed by atoms with E-state index in [1.165, 1.54) is 25.7 Å². The Morgan fingerprint density at radius 3 is 2.35 bits per heavy atom. The lowest BCUT2D eigenvalue weighted by Crippen LogP contribution is -2.46. The smallest absolute Gasteiger partial charge is 0.326 e. The average Bonchev–Trinajstić information content (AvgIpc) is 2.76. The number of ether oxygens (including phenoxy) is 1. The predicted octanol–water partition coefficient (Wildman–Crippen LogP) is 3.16. The number of hydrogen-bond acceptors (Lipinski definition) is 3. The van der Waals surface area contributed by atoms with E-state index in [4.69, 9.17) is 10.5 Å². The van der Waals surface area contributed by atoms with Crippen molar-refractivity contribution in [1.82, 2.24) is 0 Å². The van der Waals surface area contributed by atoms with Crippen LogP contribution in [0.15, 0.2) is 0 Å². The molecule has 0 bridgehead atoms. The molecule has 0 spiro atoms. The predicted molar refractivity (Wildman–Crippen MR) is 69.7 cm³/mol. The van der Waals surface area contributed by atoms with Gasteiger partial charge in [-0.1, -0.05) is 51.9 Å². The summed E-state index contributed by atoms with van der Waals surface area (Å²) in [6, 6.07) is 0. The molecule has 0 heterocycles. The number of unbranched alkanes of at least 4 members (excludes halogenated alkanes) is 5. The average molecular weight is 241 g/mol. The molecule has 3 nitrogen and oxygen atoms in total. The molecule has 0 radical (unpaired) electrons. The molecule has 0 amide bonds. The van der Waals surface area contributed by atoms with Crippen LogP contribution >= 0.6 is 0 Å². The molecule has 1 rings (SSSR count). The Hall–Kier alpha value is -0.570. The topological polar surface area (TPSA) is 52.3 Å². The highest BCUT2D eigenvalue weighted by atomic mass is 16.5. The van der Waals surface area contributed by atoms with E-state index in [2.05, 4.69) is 6.92 Å². The van der Waals surface area contributed by atoms with E-state index in [0.717, 1.165) is 38.5 Å². The Morgan fingerprint density at radius 1 is 1.12 bits per heavy atom. The van der Waals surface area contributed by atoms with Crippen molar-refractivity contribution in [3.8, 4) is 0 Å². The number of nitrogens with two attached hydrogens (primary N) is 1. The SMILES string of the molecule is CCCCCCCCOC(=O)C1(N)CCCC1. The number of esters is 1. The van der Waals surface area contributed by atoms with E-state index >= 15 is 0 Å². The molecule has 1 aliphatic rings. The van der Waals surface area contributed by atoms with Gasteiger partial charge in [-0.2, -0.15) is 0 Å². The molecule has 0 saturated heterocycles. The van der Waals surface area contributed by atoms with Crippen LogP contribution < -0.4 is 5.73 Å². The second-order valence-corrected chi connectivity index (χ2v) is 5.27. The zero-order valence-corrected chi connectivity index (χ0v) is 11.2. The summed E-state index contributed by atoms with van der Waals surface area (Å²) in [4.78, 5) is 11.8. The maximum atomic E-state index is 11.8. The number of hydrogen-bond donors (Lipinski definition) is 1. The van der Waals surface area contributed by atoms with Crippen molar-refractivity contribution >= 4 is 5.97 Å². The standard InChI is InChI=1S/C14H27NO2/c1-2-3-4-5-6-9-12-17-13(16)14(15)10-7-8-11-14/h2-12,15H2,1H3. The molecule has 2 N–H and O–H groups in total. The zero-order valence-electron chi connectivity index (χ0n) is 11.2. The quantitative estimate of drug-likeness (QED) is 0.524. The van der Waals surface area contributed by atoms with Crippen LogP contribution in [0.25, 0.3) is 0 Å². The molecular formula is C14H27NO2. The van der Waals surface area contributed by atoms with Crippen LogP contribution in [0, 0.1) is 0 Å². The highest BCUT2D eigenvalue weighted by molar-refractivity contribution is 5.80. The minimum Gasteiger partial charge on any atom is -0.464 e. The Labute approximate surface area is 105 Å². The Kier molecular flexibility index (Phi) is 6.56. The fourth-order valence-corrected chi connectivity index (χ4v) is 2.40. The maximum absolute atomic E-state index is 11.8. The summed E-state index contributed by atoms with van der Waals surface area (Å²) in [6.07, 6.45) is 11.0. The highest BCUT2D eigenvalue weighted by Crippen LogP contribution is 2.28. The van der Waals surface area contributed by atoms with Gasteiger partial charge in [0, 0.05) is 0 Å². The first-order valence-corrected chi connectivity index (χ1v) is 7.15. The summed E-state index contributed by atoms with van der Waals surface area (Å²) in [5.74, 6) is -0.177. The van der Waals surface area contributed by atoms with Crippen molar-refractivity contribution in [2.75, 3.05) is 6.61 Å². The highest BCUT2D eigenvalue weighted by Gasteiger charge is 2.38. The molecule has 0 aliphatic heterocycles. The molecule has 17 heavy (non-hydrogen) atoms. The number of carbonyl (C=O) groups excluding carboxylic acids is 1. The van der Waals surface area contributed by atoms with Gasteiger partial charge >= 0.3 is 5.97 Å². The lowest BCUT2D eigenvalue weighted by atomic mass is 10.00. The molecule has 0 aromatic carbocycles. The normalized spacial score (nSPS) is 18.2. The van der Waals surface area contributed by atoms with Crippen LogP contribution in [0.5, 0.6) is 0 Å². The first-order chi connectivity index (χ1) is 8.19. The third kappa shape index (κ3) is 5.07. The van der Waals surface area contributed by atoms with Crippen LogP contribution in [-0.2, 0) is 9.53 Å². The third-order valence-electron chi connectivity index (χ3n) is 3.63. The van der Waals surface area contributed by atoms with E-state index in [1.807, 2.05) is 0 Å². The van der Waals surface area contributed by atoms with Crippen LogP contribution in [0.2, 0.25) is 0 Å². The van der Waals surface area contributed by atoms with Gasteiger partial charge in [-0.15, -0.1) is 0 Å². The van der Waals surface area contributed by atoms with Crippen molar-refractivity contribution in [3.05, 3.63) is 0 Å². The zero-order chi connectivity index (χ0) is 12.6. The summed E-state index contributed by atoms with van der Waals surface area (Å²) in [6.45, 7) is 2.76. The minimum atomic E-state index is -0.664. The summed E-state index contributed by atoms with van der Waals surface area (Å²) < 4.78 is 5.27. The van der Waals surface area contributed by atoms with Gasteiger partial charge in [0.25, 0.3) is 0 Å². The van der Waals surface area contributed by atoms with Crippen LogP contribution in [0.1, 0.15) is 71.1 Å². The van der Waals surface area contributed by atoms with Crippen LogP contribution in [0.4, 0.5) is 0 Å². The van der Waals surface area contributed by atoms with Gasteiger partial charge in [-0.05, 0) is 19.3 Å². The van der Waals surface area contributed by atoms with E-state index in [-0.39, 0.29) is 5.97 Å². The maximum Gasteiger partial charge on any atom is 0.326 e. The van der Waals surface area contributed by atoms with Gasteiger partial charge in [0.05, 0.1) is 6.61 Å². The molecule has 0 atom stereocenters. The van der Waals surface area contributed by atoms with Crippen molar-refractivity contribution in [3.63, 3.8) is 0 Å². The molecule has 1 saturated carbocycles. The van der Waals surface area contributed by atoms with E-state index in [9.17, 15) is 4.79 Å². The Balaban J connectivity index is 2.00. The molecular weight excluding hydrogens is 214 g/mol. The summed E-state index contributed by atoms with van der Waals surface area (Å²) in [5.41, 5.74) is 5.34. The Bertz CT molecular complexity index is 222. The van der Waals surface area contributed by atoms with Crippen LogP contribution in [-0.4, -0.2) is 18.1 Å². The summed E-state index contributed by atoms with van der Waals surface area (Å²) >= 11 is 0. The van der Waals surface area contributed by atoms with Crippen molar-refractivity contribution in [2.45, 2.75) is 76.7 Å². The third-order valence-corrected chi connectivity index (χ3v) is 3.63. The van der Waals surface area contributed by atoms with Gasteiger partial charge in [-0.3, -0.25) is 4.79 Å². The summed E-state index contributed by atoms with van der Waals surface area (Å²) in [7, 11) is 0. The molecule has 0 unspecified atom stereocenters. The van der Waals surface area contributed by atoms with Gasteiger partial charge in [-0.25, -0.2) is 0 Å². The second-order valence-electron chi connectivity index (χ2n) is 5.27. The molecule has 1 aliphatic carbocycles. The fraction of sp³-hybridized carbons (Fsp3) is 0.929. The van der Waals surface area contributed by atoms with Gasteiger partial charge in [0.2, 0.25) is 0 Å². The lowest BCUT2D eigenvalue weighted by Gasteiger charge is -2.20. The number of rotatable bonds is 8. The second kappa shape index (κ2) is 7.70.